The number of hydrogen-bond acceptors (Lipinski definition) is 6. The third-order valence-electron chi connectivity index (χ3n) is 4.22. The molecule has 3 rings (SSSR count). The van der Waals surface area contributed by atoms with Crippen molar-refractivity contribution in [3.63, 3.8) is 0 Å². The van der Waals surface area contributed by atoms with Crippen LogP contribution in [-0.2, 0) is 6.54 Å². The summed E-state index contributed by atoms with van der Waals surface area (Å²) in [4.78, 5) is 12.3. The van der Waals surface area contributed by atoms with Crippen LogP contribution in [0.15, 0.2) is 46.9 Å². The Morgan fingerprint density at radius 3 is 2.52 bits per heavy atom. The van der Waals surface area contributed by atoms with Gasteiger partial charge in [0.1, 0.15) is 0 Å². The molecular formula is C18H16Cl2N4O3. The maximum Gasteiger partial charge on any atom is 0.269 e. The van der Waals surface area contributed by atoms with Crippen LogP contribution in [0.5, 0.6) is 0 Å². The normalized spacial score (nSPS) is 12.3. The molecule has 27 heavy (non-hydrogen) atoms. The predicted octanol–water partition coefficient (Wildman–Crippen LogP) is 5.14. The Morgan fingerprint density at radius 2 is 1.89 bits per heavy atom. The van der Waals surface area contributed by atoms with E-state index in [2.05, 4.69) is 10.2 Å². The lowest BCUT2D eigenvalue weighted by molar-refractivity contribution is -0.384. The van der Waals surface area contributed by atoms with Gasteiger partial charge in [-0.1, -0.05) is 29.3 Å². The van der Waals surface area contributed by atoms with Gasteiger partial charge in [-0.2, -0.15) is 0 Å². The molecule has 0 fully saturated rings. The first-order valence-corrected chi connectivity index (χ1v) is 8.83. The molecule has 0 aliphatic heterocycles. The zero-order valence-electron chi connectivity index (χ0n) is 14.6. The number of halogens is 2. The van der Waals surface area contributed by atoms with Crippen molar-refractivity contribution in [3.05, 3.63) is 74.1 Å². The van der Waals surface area contributed by atoms with Crippen molar-refractivity contribution >= 4 is 28.9 Å². The molecule has 0 saturated carbocycles. The smallest absolute Gasteiger partial charge is 0.269 e. The minimum atomic E-state index is -0.456. The van der Waals surface area contributed by atoms with Gasteiger partial charge in [-0.15, -0.1) is 10.2 Å². The molecule has 7 nitrogen and oxygen atoms in total. The fourth-order valence-electron chi connectivity index (χ4n) is 2.49. The first-order valence-electron chi connectivity index (χ1n) is 8.07. The Balaban J connectivity index is 1.73. The van der Waals surface area contributed by atoms with Gasteiger partial charge in [0.25, 0.3) is 5.69 Å². The topological polar surface area (TPSA) is 85.3 Å². The molecule has 140 valence electrons. The third kappa shape index (κ3) is 4.44. The molecule has 9 heteroatoms. The quantitative estimate of drug-likeness (QED) is 0.415. The zero-order chi connectivity index (χ0) is 19.6. The van der Waals surface area contributed by atoms with E-state index in [0.29, 0.717) is 33.9 Å². The van der Waals surface area contributed by atoms with Crippen molar-refractivity contribution < 1.29 is 9.34 Å². The monoisotopic (exact) mass is 406 g/mol. The minimum absolute atomic E-state index is 0.00596. The first kappa shape index (κ1) is 19.3. The molecule has 0 amide bonds. The summed E-state index contributed by atoms with van der Waals surface area (Å²) in [6, 6.07) is 11.2. The summed E-state index contributed by atoms with van der Waals surface area (Å²) in [6.45, 7) is 2.52. The van der Waals surface area contributed by atoms with E-state index in [1.54, 1.807) is 24.3 Å². The van der Waals surface area contributed by atoms with E-state index in [0.717, 1.165) is 5.56 Å². The van der Waals surface area contributed by atoms with E-state index in [1.807, 2.05) is 24.9 Å². The molecule has 1 heterocycles. The largest absolute Gasteiger partial charge is 0.419 e. The first-order chi connectivity index (χ1) is 12.8. The second kappa shape index (κ2) is 8.04. The number of hydrogen-bond donors (Lipinski definition) is 0. The highest BCUT2D eigenvalue weighted by atomic mass is 35.5. The van der Waals surface area contributed by atoms with Gasteiger partial charge >= 0.3 is 0 Å². The molecule has 0 spiro atoms. The van der Waals surface area contributed by atoms with Crippen molar-refractivity contribution in [2.75, 3.05) is 7.05 Å². The van der Waals surface area contributed by atoms with E-state index >= 15 is 0 Å². The Hall–Kier alpha value is -2.48. The van der Waals surface area contributed by atoms with Gasteiger partial charge in [0.15, 0.2) is 0 Å². The maximum absolute atomic E-state index is 10.7. The summed E-state index contributed by atoms with van der Waals surface area (Å²) >= 11 is 12.2. The Morgan fingerprint density at radius 1 is 1.19 bits per heavy atom. The summed E-state index contributed by atoms with van der Waals surface area (Å²) in [5, 5.41) is 20.1. The van der Waals surface area contributed by atoms with Crippen LogP contribution in [0.2, 0.25) is 10.0 Å². The van der Waals surface area contributed by atoms with Gasteiger partial charge < -0.3 is 4.42 Å². The van der Waals surface area contributed by atoms with Gasteiger partial charge in [-0.25, -0.2) is 0 Å². The highest BCUT2D eigenvalue weighted by molar-refractivity contribution is 6.35. The molecule has 0 bridgehead atoms. The molecule has 0 aliphatic carbocycles. The van der Waals surface area contributed by atoms with Gasteiger partial charge in [0.2, 0.25) is 11.8 Å². The van der Waals surface area contributed by atoms with Gasteiger partial charge in [0, 0.05) is 34.3 Å². The van der Waals surface area contributed by atoms with E-state index in [9.17, 15) is 10.1 Å². The highest BCUT2D eigenvalue weighted by Gasteiger charge is 2.20. The summed E-state index contributed by atoms with van der Waals surface area (Å²) < 4.78 is 5.75. The summed E-state index contributed by atoms with van der Waals surface area (Å²) in [5.74, 6) is 0.751. The van der Waals surface area contributed by atoms with Crippen molar-refractivity contribution in [2.24, 2.45) is 0 Å². The Labute approximate surface area is 165 Å². The molecule has 1 aromatic heterocycles. The number of nitrogens with zero attached hydrogens (tertiary/aromatic N) is 4. The average Bonchev–Trinajstić information content (AvgIpc) is 3.13. The van der Waals surface area contributed by atoms with Crippen LogP contribution in [0.25, 0.3) is 11.5 Å². The van der Waals surface area contributed by atoms with Crippen LogP contribution in [-0.4, -0.2) is 27.1 Å². The van der Waals surface area contributed by atoms with E-state index in [4.69, 9.17) is 27.6 Å². The minimum Gasteiger partial charge on any atom is -0.419 e. The Kier molecular flexibility index (Phi) is 5.74. The van der Waals surface area contributed by atoms with Crippen LogP contribution in [0.1, 0.15) is 24.4 Å². The molecule has 0 N–H and O–H groups in total. The zero-order valence-corrected chi connectivity index (χ0v) is 16.1. The standard InChI is InChI=1S/C18H16Cl2N4O3/c1-11(23(2)10-13-3-6-14(19)9-16(13)20)17-21-22-18(27-17)12-4-7-15(8-5-12)24(25)26/h3-9,11H,10H2,1-2H3/t11-/m1/s1. The third-order valence-corrected chi connectivity index (χ3v) is 4.81. The number of non-ortho nitro benzene ring substituents is 1. The molecular weight excluding hydrogens is 391 g/mol. The maximum atomic E-state index is 10.7. The second-order valence-electron chi connectivity index (χ2n) is 6.08. The second-order valence-corrected chi connectivity index (χ2v) is 6.92. The van der Waals surface area contributed by atoms with E-state index in [-0.39, 0.29) is 11.7 Å². The van der Waals surface area contributed by atoms with Crippen LogP contribution in [0.3, 0.4) is 0 Å². The van der Waals surface area contributed by atoms with Crippen LogP contribution < -0.4 is 0 Å². The van der Waals surface area contributed by atoms with E-state index in [1.165, 1.54) is 12.1 Å². The number of nitro benzene ring substituents is 1. The predicted molar refractivity (Wildman–Crippen MR) is 103 cm³/mol. The van der Waals surface area contributed by atoms with Gasteiger partial charge in [0.05, 0.1) is 11.0 Å². The molecule has 0 unspecified atom stereocenters. The molecule has 1 atom stereocenters. The van der Waals surface area contributed by atoms with Crippen molar-refractivity contribution in [1.29, 1.82) is 0 Å². The fourth-order valence-corrected chi connectivity index (χ4v) is 2.96. The number of benzene rings is 2. The average molecular weight is 407 g/mol. The SMILES string of the molecule is C[C@H](c1nnc(-c2ccc([N+](=O)[O-])cc2)o1)N(C)Cc1ccc(Cl)cc1Cl. The fraction of sp³-hybridized carbons (Fsp3) is 0.222. The molecule has 0 radical (unpaired) electrons. The number of aromatic nitrogens is 2. The van der Waals surface area contributed by atoms with Crippen LogP contribution in [0, 0.1) is 10.1 Å². The van der Waals surface area contributed by atoms with Crippen LogP contribution in [0.4, 0.5) is 5.69 Å². The van der Waals surface area contributed by atoms with E-state index < -0.39 is 4.92 Å². The van der Waals surface area contributed by atoms with Crippen molar-refractivity contribution in [1.82, 2.24) is 15.1 Å². The highest BCUT2D eigenvalue weighted by Crippen LogP contribution is 2.27. The van der Waals surface area contributed by atoms with Crippen LogP contribution >= 0.6 is 23.2 Å². The van der Waals surface area contributed by atoms with Gasteiger partial charge in [-0.3, -0.25) is 15.0 Å². The lowest BCUT2D eigenvalue weighted by Crippen LogP contribution is -2.22. The lowest BCUT2D eigenvalue weighted by Gasteiger charge is -2.22. The lowest BCUT2D eigenvalue weighted by atomic mass is 10.2. The molecule has 3 aromatic rings. The van der Waals surface area contributed by atoms with Gasteiger partial charge in [-0.05, 0) is 43.8 Å². The number of nitro groups is 1. The van der Waals surface area contributed by atoms with Crippen molar-refractivity contribution in [3.8, 4) is 11.5 Å². The summed E-state index contributed by atoms with van der Waals surface area (Å²) in [7, 11) is 1.92. The van der Waals surface area contributed by atoms with Crippen molar-refractivity contribution in [2.45, 2.75) is 19.5 Å². The molecule has 2 aromatic carbocycles. The number of rotatable bonds is 6. The summed E-state index contributed by atoms with van der Waals surface area (Å²) in [6.07, 6.45) is 0. The molecule has 0 saturated heterocycles. The Bertz CT molecular complexity index is 959. The summed E-state index contributed by atoms with van der Waals surface area (Å²) in [5.41, 5.74) is 1.56. The molecule has 0 aliphatic rings.